The molecule has 2 amide bonds. The lowest BCUT2D eigenvalue weighted by molar-refractivity contribution is -0.139. The predicted molar refractivity (Wildman–Crippen MR) is 64.7 cm³/mol. The number of rotatable bonds is 4. The Balaban J connectivity index is 2.50. The van der Waals surface area contributed by atoms with Crippen LogP contribution in [0.25, 0.3) is 0 Å². The lowest BCUT2D eigenvalue weighted by atomic mass is 10.0. The topological polar surface area (TPSA) is 78.4 Å². The molecule has 98 valence electrons. The maximum atomic E-state index is 11.7. The zero-order valence-corrected chi connectivity index (χ0v) is 11.1. The van der Waals surface area contributed by atoms with E-state index >= 15 is 0 Å². The predicted octanol–water partition coefficient (Wildman–Crippen LogP) is 1.58. The minimum absolute atomic E-state index is 0.0509. The van der Waals surface area contributed by atoms with Crippen molar-refractivity contribution in [2.75, 3.05) is 0 Å². The van der Waals surface area contributed by atoms with E-state index in [9.17, 15) is 9.59 Å². The second-order valence-corrected chi connectivity index (χ2v) is 5.79. The Morgan fingerprint density at radius 3 is 2.00 bits per heavy atom. The number of carbonyl (C=O) groups excluding carboxylic acids is 1. The van der Waals surface area contributed by atoms with E-state index in [4.69, 9.17) is 5.11 Å². The number of hydrogen-bond donors (Lipinski definition) is 3. The Kier molecular flexibility index (Phi) is 3.41. The lowest BCUT2D eigenvalue weighted by Crippen LogP contribution is -2.47. The third-order valence-corrected chi connectivity index (χ3v) is 4.31. The van der Waals surface area contributed by atoms with Crippen molar-refractivity contribution < 1.29 is 14.7 Å². The lowest BCUT2D eigenvalue weighted by Gasteiger charge is -2.14. The second kappa shape index (κ2) is 4.20. The number of hydrogen-bond acceptors (Lipinski definition) is 2. The Labute approximate surface area is 102 Å². The Morgan fingerprint density at radius 2 is 1.71 bits per heavy atom. The summed E-state index contributed by atoms with van der Waals surface area (Å²) in [6, 6.07) is -1.14. The van der Waals surface area contributed by atoms with Gasteiger partial charge in [-0.25, -0.2) is 9.59 Å². The van der Waals surface area contributed by atoms with Gasteiger partial charge >= 0.3 is 12.0 Å². The van der Waals surface area contributed by atoms with Gasteiger partial charge in [-0.1, -0.05) is 34.6 Å². The highest BCUT2D eigenvalue weighted by molar-refractivity contribution is 5.82. The zero-order valence-electron chi connectivity index (χ0n) is 11.1. The van der Waals surface area contributed by atoms with Gasteiger partial charge in [0.25, 0.3) is 0 Å². The number of nitrogens with one attached hydrogen (secondary N) is 2. The van der Waals surface area contributed by atoms with Crippen molar-refractivity contribution in [2.24, 2.45) is 10.8 Å². The van der Waals surface area contributed by atoms with Gasteiger partial charge in [-0.05, 0) is 17.3 Å². The van der Waals surface area contributed by atoms with Crippen LogP contribution in [-0.2, 0) is 4.79 Å². The summed E-state index contributed by atoms with van der Waals surface area (Å²) < 4.78 is 0. The van der Waals surface area contributed by atoms with Gasteiger partial charge in [-0.3, -0.25) is 0 Å². The maximum Gasteiger partial charge on any atom is 0.326 e. The van der Waals surface area contributed by atoms with Crippen LogP contribution >= 0.6 is 0 Å². The molecule has 1 aliphatic rings. The molecule has 1 rings (SSSR count). The molecule has 1 fully saturated rings. The van der Waals surface area contributed by atoms with Gasteiger partial charge in [-0.15, -0.1) is 0 Å². The number of amides is 2. The minimum Gasteiger partial charge on any atom is -0.480 e. The molecule has 0 aromatic rings. The molecule has 0 unspecified atom stereocenters. The highest BCUT2D eigenvalue weighted by atomic mass is 16.4. The van der Waals surface area contributed by atoms with Gasteiger partial charge in [0.15, 0.2) is 0 Å². The summed E-state index contributed by atoms with van der Waals surface area (Å²) in [6.07, 6.45) is 0.375. The van der Waals surface area contributed by atoms with Crippen LogP contribution < -0.4 is 10.6 Å². The molecule has 0 radical (unpaired) electrons. The van der Waals surface area contributed by atoms with Crippen LogP contribution in [0.1, 0.15) is 41.0 Å². The van der Waals surface area contributed by atoms with E-state index in [0.29, 0.717) is 6.42 Å². The molecular formula is C12H22N2O3. The summed E-state index contributed by atoms with van der Waals surface area (Å²) in [4.78, 5) is 22.4. The summed E-state index contributed by atoms with van der Waals surface area (Å²) in [6.45, 7) is 10.1. The van der Waals surface area contributed by atoms with Gasteiger partial charge in [0.2, 0.25) is 0 Å². The number of aliphatic carboxylic acids is 1. The SMILES string of the molecule is CC[C@H](NC(=O)NC1C(C)(C)C1(C)C)C(=O)O. The minimum atomic E-state index is -1.00. The highest BCUT2D eigenvalue weighted by Gasteiger charge is 2.65. The van der Waals surface area contributed by atoms with Gasteiger partial charge in [-0.2, -0.15) is 0 Å². The van der Waals surface area contributed by atoms with E-state index in [-0.39, 0.29) is 16.9 Å². The third-order valence-electron chi connectivity index (χ3n) is 4.31. The van der Waals surface area contributed by atoms with Crippen LogP contribution in [0.15, 0.2) is 0 Å². The monoisotopic (exact) mass is 242 g/mol. The summed E-state index contributed by atoms with van der Waals surface area (Å²) in [5.74, 6) is -1.00. The molecule has 0 aromatic heterocycles. The summed E-state index contributed by atoms with van der Waals surface area (Å²) in [7, 11) is 0. The Morgan fingerprint density at radius 1 is 1.24 bits per heavy atom. The van der Waals surface area contributed by atoms with Crippen LogP contribution in [0.4, 0.5) is 4.79 Å². The molecule has 0 aromatic carbocycles. The number of urea groups is 1. The molecule has 1 atom stereocenters. The van der Waals surface area contributed by atoms with E-state index in [0.717, 1.165) is 0 Å². The summed E-state index contributed by atoms with van der Waals surface area (Å²) in [5, 5.41) is 14.1. The molecule has 0 heterocycles. The number of carbonyl (C=O) groups is 2. The highest BCUT2D eigenvalue weighted by Crippen LogP contribution is 2.62. The average Bonchev–Trinajstić information content (AvgIpc) is 2.57. The second-order valence-electron chi connectivity index (χ2n) is 5.79. The molecule has 1 aliphatic carbocycles. The van der Waals surface area contributed by atoms with Crippen molar-refractivity contribution in [3.63, 3.8) is 0 Å². The fourth-order valence-electron chi connectivity index (χ4n) is 2.23. The molecule has 3 N–H and O–H groups in total. The fourth-order valence-corrected chi connectivity index (χ4v) is 2.23. The van der Waals surface area contributed by atoms with E-state index in [2.05, 4.69) is 38.3 Å². The molecule has 0 spiro atoms. The van der Waals surface area contributed by atoms with Crippen molar-refractivity contribution in [2.45, 2.75) is 53.1 Å². The average molecular weight is 242 g/mol. The molecule has 0 aliphatic heterocycles. The molecule has 0 saturated heterocycles. The first-order valence-electron chi connectivity index (χ1n) is 5.94. The van der Waals surface area contributed by atoms with E-state index in [1.807, 2.05) is 0 Å². The third kappa shape index (κ3) is 2.37. The van der Waals surface area contributed by atoms with Crippen molar-refractivity contribution in [3.8, 4) is 0 Å². The summed E-state index contributed by atoms with van der Waals surface area (Å²) >= 11 is 0. The van der Waals surface area contributed by atoms with E-state index in [1.54, 1.807) is 6.92 Å². The van der Waals surface area contributed by atoms with Crippen LogP contribution in [0.2, 0.25) is 0 Å². The largest absolute Gasteiger partial charge is 0.480 e. The first-order valence-corrected chi connectivity index (χ1v) is 5.94. The van der Waals surface area contributed by atoms with E-state index < -0.39 is 18.0 Å². The molecule has 5 heteroatoms. The Bertz CT molecular complexity index is 323. The normalized spacial score (nSPS) is 22.6. The fraction of sp³-hybridized carbons (Fsp3) is 0.833. The van der Waals surface area contributed by atoms with Gasteiger partial charge in [0, 0.05) is 6.04 Å². The van der Waals surface area contributed by atoms with Crippen LogP contribution in [-0.4, -0.2) is 29.2 Å². The summed E-state index contributed by atoms with van der Waals surface area (Å²) in [5.41, 5.74) is 0.102. The van der Waals surface area contributed by atoms with Crippen LogP contribution in [0.5, 0.6) is 0 Å². The van der Waals surface area contributed by atoms with E-state index in [1.165, 1.54) is 0 Å². The quantitative estimate of drug-likeness (QED) is 0.700. The van der Waals surface area contributed by atoms with Crippen molar-refractivity contribution in [1.29, 1.82) is 0 Å². The molecule has 0 bridgehead atoms. The molecule has 5 nitrogen and oxygen atoms in total. The molecule has 17 heavy (non-hydrogen) atoms. The van der Waals surface area contributed by atoms with Crippen molar-refractivity contribution >= 4 is 12.0 Å². The van der Waals surface area contributed by atoms with Crippen LogP contribution in [0, 0.1) is 10.8 Å². The first-order chi connectivity index (χ1) is 7.64. The number of carboxylic acid groups (broad SMARTS) is 1. The Hall–Kier alpha value is -1.26. The van der Waals surface area contributed by atoms with Crippen molar-refractivity contribution in [3.05, 3.63) is 0 Å². The smallest absolute Gasteiger partial charge is 0.326 e. The zero-order chi connectivity index (χ0) is 13.4. The molecule has 1 saturated carbocycles. The van der Waals surface area contributed by atoms with Gasteiger partial charge < -0.3 is 15.7 Å². The van der Waals surface area contributed by atoms with Gasteiger partial charge in [0.1, 0.15) is 6.04 Å². The van der Waals surface area contributed by atoms with Crippen LogP contribution in [0.3, 0.4) is 0 Å². The van der Waals surface area contributed by atoms with Crippen molar-refractivity contribution in [1.82, 2.24) is 10.6 Å². The van der Waals surface area contributed by atoms with Gasteiger partial charge in [0.05, 0.1) is 0 Å². The standard InChI is InChI=1S/C12H22N2O3/c1-6-7(8(15)16)13-10(17)14-9-11(2,3)12(9,4)5/h7,9H,6H2,1-5H3,(H,15,16)(H2,13,14,17)/t7-/m0/s1. The first kappa shape index (κ1) is 13.8. The maximum absolute atomic E-state index is 11.7. The number of carboxylic acids is 1. The molecular weight excluding hydrogens is 220 g/mol.